The first-order valence-corrected chi connectivity index (χ1v) is 8.93. The molecule has 0 aliphatic carbocycles. The van der Waals surface area contributed by atoms with Crippen LogP contribution in [-0.2, 0) is 9.59 Å². The Morgan fingerprint density at radius 2 is 1.93 bits per heavy atom. The molecule has 1 saturated heterocycles. The van der Waals surface area contributed by atoms with Crippen LogP contribution in [0.15, 0.2) is 29.8 Å². The zero-order valence-corrected chi connectivity index (χ0v) is 17.0. The molecule has 10 heteroatoms. The first kappa shape index (κ1) is 20.2. The molecule has 0 spiro atoms. The molecule has 9 nitrogen and oxygen atoms in total. The molecular formula is C19H18N4O5S. The summed E-state index contributed by atoms with van der Waals surface area (Å²) in [6, 6.07) is 6.15. The summed E-state index contributed by atoms with van der Waals surface area (Å²) in [5.74, 6) is -0.718. The summed E-state index contributed by atoms with van der Waals surface area (Å²) in [4.78, 5) is 36.4. The molecule has 0 saturated carbocycles. The number of hydrogen-bond acceptors (Lipinski definition) is 6. The zero-order valence-electron chi connectivity index (χ0n) is 16.2. The van der Waals surface area contributed by atoms with Gasteiger partial charge < -0.3 is 9.30 Å². The Labute approximate surface area is 171 Å². The van der Waals surface area contributed by atoms with Gasteiger partial charge in [-0.2, -0.15) is 0 Å². The van der Waals surface area contributed by atoms with Gasteiger partial charge in [0.25, 0.3) is 17.5 Å². The summed E-state index contributed by atoms with van der Waals surface area (Å²) in [5.41, 5.74) is 2.68. The van der Waals surface area contributed by atoms with Crippen molar-refractivity contribution < 1.29 is 19.2 Å². The lowest BCUT2D eigenvalue weighted by Gasteiger charge is -2.25. The Morgan fingerprint density at radius 1 is 1.24 bits per heavy atom. The molecule has 0 atom stereocenters. The van der Waals surface area contributed by atoms with Gasteiger partial charge in [-0.15, -0.1) is 0 Å². The molecule has 0 unspecified atom stereocenters. The molecule has 3 rings (SSSR count). The topological polar surface area (TPSA) is 107 Å². The van der Waals surface area contributed by atoms with E-state index in [1.807, 2.05) is 24.5 Å². The molecule has 29 heavy (non-hydrogen) atoms. The highest BCUT2D eigenvalue weighted by molar-refractivity contribution is 7.80. The first-order chi connectivity index (χ1) is 13.6. The molecule has 1 N–H and O–H groups in total. The molecule has 1 aromatic heterocycles. The third-order valence-electron chi connectivity index (χ3n) is 4.69. The van der Waals surface area contributed by atoms with Crippen molar-refractivity contribution in [3.8, 4) is 11.4 Å². The SMILES string of the molecule is COc1cc([N+](=O)[O-])ccc1-n1c(C)cc(/C=C2\C(=O)NC(=S)N(C)C2=O)c1C. The average molecular weight is 414 g/mol. The summed E-state index contributed by atoms with van der Waals surface area (Å²) in [5, 5.41) is 13.6. The second kappa shape index (κ2) is 7.47. The van der Waals surface area contributed by atoms with E-state index in [1.165, 1.54) is 37.3 Å². The number of methoxy groups -OCH3 is 1. The molecule has 2 aromatic rings. The minimum atomic E-state index is -0.559. The molecule has 1 aromatic carbocycles. The van der Waals surface area contributed by atoms with Crippen LogP contribution in [0.3, 0.4) is 0 Å². The fraction of sp³-hybridized carbons (Fsp3) is 0.211. The van der Waals surface area contributed by atoms with Gasteiger partial charge in [0, 0.05) is 24.5 Å². The maximum Gasteiger partial charge on any atom is 0.273 e. The number of nitrogens with one attached hydrogen (secondary N) is 1. The molecule has 2 amide bonds. The molecule has 1 fully saturated rings. The summed E-state index contributed by atoms with van der Waals surface area (Å²) >= 11 is 4.95. The number of non-ortho nitro benzene ring substituents is 1. The van der Waals surface area contributed by atoms with Crippen LogP contribution in [0.4, 0.5) is 5.69 Å². The van der Waals surface area contributed by atoms with Crippen molar-refractivity contribution in [1.82, 2.24) is 14.8 Å². The number of aryl methyl sites for hydroxylation is 1. The number of rotatable bonds is 4. The number of nitrogens with zero attached hydrogens (tertiary/aromatic N) is 3. The number of hydrogen-bond donors (Lipinski definition) is 1. The van der Waals surface area contributed by atoms with Gasteiger partial charge in [-0.25, -0.2) is 0 Å². The van der Waals surface area contributed by atoms with Crippen LogP contribution >= 0.6 is 12.2 Å². The molecular weight excluding hydrogens is 396 g/mol. The molecule has 1 aliphatic rings. The predicted molar refractivity (Wildman–Crippen MR) is 110 cm³/mol. The minimum absolute atomic E-state index is 0.0305. The quantitative estimate of drug-likeness (QED) is 0.270. The van der Waals surface area contributed by atoms with Crippen molar-refractivity contribution in [1.29, 1.82) is 0 Å². The number of carbonyl (C=O) groups excluding carboxylic acids is 2. The van der Waals surface area contributed by atoms with Crippen LogP contribution in [0.1, 0.15) is 17.0 Å². The van der Waals surface area contributed by atoms with E-state index in [-0.39, 0.29) is 16.4 Å². The predicted octanol–water partition coefficient (Wildman–Crippen LogP) is 2.27. The van der Waals surface area contributed by atoms with Gasteiger partial charge in [0.05, 0.1) is 23.8 Å². The van der Waals surface area contributed by atoms with E-state index < -0.39 is 16.7 Å². The van der Waals surface area contributed by atoms with Gasteiger partial charge in [0.1, 0.15) is 11.3 Å². The van der Waals surface area contributed by atoms with Crippen LogP contribution in [0.5, 0.6) is 5.75 Å². The minimum Gasteiger partial charge on any atom is -0.494 e. The molecule has 2 heterocycles. The third kappa shape index (κ3) is 3.49. The summed E-state index contributed by atoms with van der Waals surface area (Å²) < 4.78 is 7.18. The van der Waals surface area contributed by atoms with Gasteiger partial charge in [0.2, 0.25) is 0 Å². The maximum absolute atomic E-state index is 12.4. The first-order valence-electron chi connectivity index (χ1n) is 8.52. The lowest BCUT2D eigenvalue weighted by Crippen LogP contribution is -2.52. The Hall–Kier alpha value is -3.53. The van der Waals surface area contributed by atoms with Crippen molar-refractivity contribution in [2.45, 2.75) is 13.8 Å². The Bertz CT molecular complexity index is 1100. The van der Waals surface area contributed by atoms with Crippen molar-refractivity contribution >= 4 is 40.9 Å². The smallest absolute Gasteiger partial charge is 0.273 e. The highest BCUT2D eigenvalue weighted by atomic mass is 32.1. The Balaban J connectivity index is 2.11. The lowest BCUT2D eigenvalue weighted by molar-refractivity contribution is -0.384. The van der Waals surface area contributed by atoms with E-state index in [1.54, 1.807) is 6.07 Å². The van der Waals surface area contributed by atoms with E-state index in [4.69, 9.17) is 17.0 Å². The molecule has 150 valence electrons. The van der Waals surface area contributed by atoms with Crippen molar-refractivity contribution in [2.75, 3.05) is 14.2 Å². The number of carbonyl (C=O) groups is 2. The van der Waals surface area contributed by atoms with Crippen LogP contribution in [0.25, 0.3) is 11.8 Å². The van der Waals surface area contributed by atoms with Crippen LogP contribution in [-0.4, -0.2) is 45.5 Å². The normalized spacial score (nSPS) is 15.7. The van der Waals surface area contributed by atoms with Gasteiger partial charge in [-0.1, -0.05) is 0 Å². The van der Waals surface area contributed by atoms with Gasteiger partial charge >= 0.3 is 0 Å². The van der Waals surface area contributed by atoms with Gasteiger partial charge in [-0.3, -0.25) is 29.9 Å². The Kier molecular flexibility index (Phi) is 5.21. The largest absolute Gasteiger partial charge is 0.494 e. The van der Waals surface area contributed by atoms with Crippen LogP contribution in [0, 0.1) is 24.0 Å². The lowest BCUT2D eigenvalue weighted by atomic mass is 10.1. The van der Waals surface area contributed by atoms with Gasteiger partial charge in [-0.05, 0) is 49.8 Å². The van der Waals surface area contributed by atoms with Crippen LogP contribution < -0.4 is 10.1 Å². The van der Waals surface area contributed by atoms with Crippen molar-refractivity contribution in [2.24, 2.45) is 0 Å². The number of likely N-dealkylation sites (N-methyl/N-ethyl adjacent to an activating group) is 1. The summed E-state index contributed by atoms with van der Waals surface area (Å²) in [7, 11) is 2.92. The zero-order chi connectivity index (χ0) is 21.5. The van der Waals surface area contributed by atoms with Crippen molar-refractivity contribution in [3.05, 3.63) is 56.9 Å². The number of nitro benzene ring substituents is 1. The van der Waals surface area contributed by atoms with Crippen LogP contribution in [0.2, 0.25) is 0 Å². The maximum atomic E-state index is 12.4. The van der Waals surface area contributed by atoms with E-state index in [2.05, 4.69) is 5.32 Å². The highest BCUT2D eigenvalue weighted by Crippen LogP contribution is 2.32. The molecule has 0 bridgehead atoms. The number of ether oxygens (including phenoxy) is 1. The fourth-order valence-corrected chi connectivity index (χ4v) is 3.35. The number of benzene rings is 1. The summed E-state index contributed by atoms with van der Waals surface area (Å²) in [6.07, 6.45) is 1.51. The molecule has 1 aliphatic heterocycles. The monoisotopic (exact) mass is 414 g/mol. The van der Waals surface area contributed by atoms with E-state index in [0.29, 0.717) is 17.0 Å². The number of nitro groups is 1. The van der Waals surface area contributed by atoms with E-state index >= 15 is 0 Å². The van der Waals surface area contributed by atoms with Gasteiger partial charge in [0.15, 0.2) is 5.11 Å². The van der Waals surface area contributed by atoms with E-state index in [9.17, 15) is 19.7 Å². The molecule has 0 radical (unpaired) electrons. The summed E-state index contributed by atoms with van der Waals surface area (Å²) in [6.45, 7) is 3.67. The fourth-order valence-electron chi connectivity index (χ4n) is 3.17. The number of amides is 2. The second-order valence-corrected chi connectivity index (χ2v) is 6.84. The number of thiocarbonyl (C=S) groups is 1. The van der Waals surface area contributed by atoms with E-state index in [0.717, 1.165) is 11.4 Å². The highest BCUT2D eigenvalue weighted by Gasteiger charge is 2.31. The standard InChI is InChI=1S/C19H18N4O5S/c1-10-7-12(8-14-17(24)20-19(29)21(3)18(14)25)11(2)22(10)15-6-5-13(23(26)27)9-16(15)28-4/h5-9H,1-4H3,(H,20,24,29)/b14-8+. The second-order valence-electron chi connectivity index (χ2n) is 6.46. The van der Waals surface area contributed by atoms with Crippen molar-refractivity contribution in [3.63, 3.8) is 0 Å². The number of aromatic nitrogens is 1. The Morgan fingerprint density at radius 3 is 2.55 bits per heavy atom. The third-order valence-corrected chi connectivity index (χ3v) is 5.07. The average Bonchev–Trinajstić information content (AvgIpc) is 2.96.